The first-order chi connectivity index (χ1) is 5.08. The lowest BCUT2D eigenvalue weighted by Gasteiger charge is -1.98. The fourth-order valence-corrected chi connectivity index (χ4v) is 0.289. The Morgan fingerprint density at radius 1 is 0.909 bits per heavy atom. The Labute approximate surface area is 70.3 Å². The van der Waals surface area contributed by atoms with Crippen LogP contribution in [-0.2, 0) is 0 Å². The third kappa shape index (κ3) is 17.8. The Balaban J connectivity index is 0. The minimum atomic E-state index is -0.116. The lowest BCUT2D eigenvalue weighted by molar-refractivity contribution is 0.166. The molecular formula is C9H22O2. The number of hydrogen-bond donors (Lipinski definition) is 2. The summed E-state index contributed by atoms with van der Waals surface area (Å²) in [5, 5.41) is 17.0. The van der Waals surface area contributed by atoms with Crippen LogP contribution < -0.4 is 0 Å². The Kier molecular flexibility index (Phi) is 12.2. The summed E-state index contributed by atoms with van der Waals surface area (Å²) in [4.78, 5) is 0. The second-order valence-electron chi connectivity index (χ2n) is 2.73. The summed E-state index contributed by atoms with van der Waals surface area (Å²) < 4.78 is 0. The van der Waals surface area contributed by atoms with Gasteiger partial charge in [-0.15, -0.1) is 0 Å². The fraction of sp³-hybridized carbons (Fsp3) is 1.00. The summed E-state index contributed by atoms with van der Waals surface area (Å²) in [5.74, 6) is 0. The first-order valence-corrected chi connectivity index (χ1v) is 4.44. The van der Waals surface area contributed by atoms with Gasteiger partial charge in [0.05, 0.1) is 12.2 Å². The second-order valence-corrected chi connectivity index (χ2v) is 2.73. The van der Waals surface area contributed by atoms with Crippen molar-refractivity contribution in [3.63, 3.8) is 0 Å². The van der Waals surface area contributed by atoms with E-state index in [9.17, 15) is 0 Å². The molecule has 2 N–H and O–H groups in total. The van der Waals surface area contributed by atoms with Crippen LogP contribution >= 0.6 is 0 Å². The summed E-state index contributed by atoms with van der Waals surface area (Å²) in [6, 6.07) is 0. The minimum Gasteiger partial charge on any atom is -0.393 e. The normalized spacial score (nSPS) is 12.3. The van der Waals surface area contributed by atoms with Gasteiger partial charge in [-0.2, -0.15) is 0 Å². The van der Waals surface area contributed by atoms with Gasteiger partial charge in [0.2, 0.25) is 0 Å². The summed E-state index contributed by atoms with van der Waals surface area (Å²) in [7, 11) is 0. The molecule has 1 atom stereocenters. The molecule has 2 nitrogen and oxygen atoms in total. The van der Waals surface area contributed by atoms with Crippen LogP contribution in [0.4, 0.5) is 0 Å². The van der Waals surface area contributed by atoms with Crippen molar-refractivity contribution in [3.8, 4) is 0 Å². The van der Waals surface area contributed by atoms with E-state index in [2.05, 4.69) is 0 Å². The first-order valence-electron chi connectivity index (χ1n) is 4.44. The van der Waals surface area contributed by atoms with E-state index >= 15 is 0 Å². The highest BCUT2D eigenvalue weighted by molar-refractivity contribution is 4.43. The molecule has 0 aromatic heterocycles. The number of hydrogen-bond acceptors (Lipinski definition) is 2. The molecule has 0 aromatic carbocycles. The van der Waals surface area contributed by atoms with Crippen molar-refractivity contribution >= 4 is 0 Å². The monoisotopic (exact) mass is 162 g/mol. The van der Waals surface area contributed by atoms with Gasteiger partial charge in [-0.25, -0.2) is 0 Å². The molecule has 0 aromatic rings. The lowest BCUT2D eigenvalue weighted by atomic mass is 10.2. The first kappa shape index (κ1) is 13.5. The van der Waals surface area contributed by atoms with E-state index in [-0.39, 0.29) is 12.2 Å². The third-order valence-corrected chi connectivity index (χ3v) is 1.53. The summed E-state index contributed by atoms with van der Waals surface area (Å²) in [6.07, 6.45) is 2.45. The fourth-order valence-electron chi connectivity index (χ4n) is 0.289. The maximum absolute atomic E-state index is 8.67. The van der Waals surface area contributed by atoms with Gasteiger partial charge in [0.1, 0.15) is 0 Å². The molecule has 0 bridgehead atoms. The van der Waals surface area contributed by atoms with Crippen molar-refractivity contribution in [2.45, 2.75) is 59.2 Å². The quantitative estimate of drug-likeness (QED) is 0.666. The van der Waals surface area contributed by atoms with E-state index in [0.29, 0.717) is 0 Å². The van der Waals surface area contributed by atoms with Gasteiger partial charge >= 0.3 is 0 Å². The van der Waals surface area contributed by atoms with Gasteiger partial charge in [0.15, 0.2) is 0 Å². The molecular weight excluding hydrogens is 140 g/mol. The van der Waals surface area contributed by atoms with Gasteiger partial charge in [0, 0.05) is 0 Å². The van der Waals surface area contributed by atoms with Crippen LogP contribution in [-0.4, -0.2) is 22.4 Å². The molecule has 0 rings (SSSR count). The molecule has 0 saturated heterocycles. The summed E-state index contributed by atoms with van der Waals surface area (Å²) in [6.45, 7) is 7.69. The average Bonchev–Trinajstić information content (AvgIpc) is 2.04. The number of aliphatic hydroxyl groups is 2. The molecule has 0 spiro atoms. The van der Waals surface area contributed by atoms with Crippen molar-refractivity contribution in [2.24, 2.45) is 0 Å². The van der Waals surface area contributed by atoms with E-state index in [1.54, 1.807) is 6.92 Å². The summed E-state index contributed by atoms with van der Waals surface area (Å²) in [5.41, 5.74) is 0. The maximum Gasteiger partial charge on any atom is 0.0535 e. The zero-order valence-corrected chi connectivity index (χ0v) is 8.17. The standard InChI is InChI=1S/C5H12O.C4H10O/c1-3-5(6)4-2;1-3-4(2)5/h5-6H,3-4H2,1-2H3;4-5H,3H2,1-2H3. The van der Waals surface area contributed by atoms with Gasteiger partial charge < -0.3 is 10.2 Å². The van der Waals surface area contributed by atoms with E-state index in [1.165, 1.54) is 0 Å². The number of aliphatic hydroxyl groups excluding tert-OH is 2. The van der Waals surface area contributed by atoms with Crippen LogP contribution in [0.1, 0.15) is 47.0 Å². The predicted octanol–water partition coefficient (Wildman–Crippen LogP) is 1.94. The van der Waals surface area contributed by atoms with Crippen molar-refractivity contribution in [2.75, 3.05) is 0 Å². The van der Waals surface area contributed by atoms with E-state index in [0.717, 1.165) is 19.3 Å². The largest absolute Gasteiger partial charge is 0.393 e. The van der Waals surface area contributed by atoms with Crippen molar-refractivity contribution in [1.82, 2.24) is 0 Å². The molecule has 11 heavy (non-hydrogen) atoms. The third-order valence-electron chi connectivity index (χ3n) is 1.53. The topological polar surface area (TPSA) is 40.5 Å². The van der Waals surface area contributed by atoms with E-state index in [1.807, 2.05) is 20.8 Å². The zero-order chi connectivity index (χ0) is 9.28. The number of rotatable bonds is 3. The molecule has 0 aliphatic heterocycles. The predicted molar refractivity (Wildman–Crippen MR) is 48.6 cm³/mol. The summed E-state index contributed by atoms with van der Waals surface area (Å²) >= 11 is 0. The van der Waals surface area contributed by atoms with Crippen molar-refractivity contribution < 1.29 is 10.2 Å². The molecule has 0 heterocycles. The Hall–Kier alpha value is -0.0800. The van der Waals surface area contributed by atoms with Crippen LogP contribution in [0.25, 0.3) is 0 Å². The molecule has 70 valence electrons. The highest BCUT2D eigenvalue weighted by Gasteiger charge is 1.90. The molecule has 2 heteroatoms. The molecule has 0 aliphatic carbocycles. The van der Waals surface area contributed by atoms with Crippen LogP contribution in [0, 0.1) is 0 Å². The van der Waals surface area contributed by atoms with Crippen molar-refractivity contribution in [1.29, 1.82) is 0 Å². The lowest BCUT2D eigenvalue weighted by Crippen LogP contribution is -1.99. The van der Waals surface area contributed by atoms with E-state index in [4.69, 9.17) is 10.2 Å². The van der Waals surface area contributed by atoms with Crippen LogP contribution in [0.3, 0.4) is 0 Å². The van der Waals surface area contributed by atoms with Crippen LogP contribution in [0.5, 0.6) is 0 Å². The Morgan fingerprint density at radius 2 is 1.18 bits per heavy atom. The SMILES string of the molecule is CCC(C)O.CCC(O)CC. The molecule has 0 amide bonds. The molecule has 0 fully saturated rings. The highest BCUT2D eigenvalue weighted by atomic mass is 16.3. The van der Waals surface area contributed by atoms with Crippen LogP contribution in [0.15, 0.2) is 0 Å². The Bertz CT molecular complexity index is 58.6. The average molecular weight is 162 g/mol. The van der Waals surface area contributed by atoms with Gasteiger partial charge in [0.25, 0.3) is 0 Å². The van der Waals surface area contributed by atoms with Gasteiger partial charge in [-0.05, 0) is 26.2 Å². The molecule has 0 saturated carbocycles. The Morgan fingerprint density at radius 3 is 1.18 bits per heavy atom. The molecule has 0 radical (unpaired) electrons. The van der Waals surface area contributed by atoms with Crippen molar-refractivity contribution in [3.05, 3.63) is 0 Å². The molecule has 0 aliphatic rings. The second kappa shape index (κ2) is 9.92. The maximum atomic E-state index is 8.67. The highest BCUT2D eigenvalue weighted by Crippen LogP contribution is 1.91. The molecule has 1 unspecified atom stereocenters. The zero-order valence-electron chi connectivity index (χ0n) is 8.17. The smallest absolute Gasteiger partial charge is 0.0535 e. The minimum absolute atomic E-state index is 0.0648. The van der Waals surface area contributed by atoms with Gasteiger partial charge in [-0.3, -0.25) is 0 Å². The van der Waals surface area contributed by atoms with E-state index < -0.39 is 0 Å². The van der Waals surface area contributed by atoms with Crippen LogP contribution in [0.2, 0.25) is 0 Å². The van der Waals surface area contributed by atoms with Gasteiger partial charge in [-0.1, -0.05) is 20.8 Å².